The lowest BCUT2D eigenvalue weighted by molar-refractivity contribution is -0.130. The molecule has 1 atom stereocenters. The van der Waals surface area contributed by atoms with Gasteiger partial charge in [-0.15, -0.1) is 5.10 Å². The van der Waals surface area contributed by atoms with Crippen LogP contribution in [0, 0.1) is 5.82 Å². The van der Waals surface area contributed by atoms with Crippen LogP contribution in [0.1, 0.15) is 27.4 Å². The number of rotatable bonds is 7. The number of hydrogen-bond donors (Lipinski definition) is 1. The largest absolute Gasteiger partial charge is 0.496 e. The van der Waals surface area contributed by atoms with Crippen molar-refractivity contribution in [3.05, 3.63) is 94.0 Å². The highest BCUT2D eigenvalue weighted by Crippen LogP contribution is 2.33. The molecule has 5 aromatic rings. The summed E-state index contributed by atoms with van der Waals surface area (Å²) in [4.78, 5) is 29.4. The lowest BCUT2D eigenvalue weighted by atomic mass is 9.97. The van der Waals surface area contributed by atoms with Crippen LogP contribution < -0.4 is 10.1 Å². The quantitative estimate of drug-likeness (QED) is 0.270. The number of amides is 1. The Kier molecular flexibility index (Phi) is 6.76. The molecule has 12 heteroatoms. The van der Waals surface area contributed by atoms with Gasteiger partial charge in [-0.2, -0.15) is 0 Å². The number of aromatic nitrogens is 4. The molecule has 1 aliphatic rings. The normalized spacial score (nSPS) is 14.6. The van der Waals surface area contributed by atoms with Gasteiger partial charge < -0.3 is 19.2 Å². The molecular formula is C28H21BrFN5O5. The van der Waals surface area contributed by atoms with Crippen LogP contribution in [0.25, 0.3) is 22.0 Å². The van der Waals surface area contributed by atoms with Gasteiger partial charge in [0.05, 0.1) is 32.0 Å². The molecule has 202 valence electrons. The first-order chi connectivity index (χ1) is 19.4. The molecule has 6 rings (SSSR count). The van der Waals surface area contributed by atoms with Gasteiger partial charge in [-0.25, -0.2) is 18.9 Å². The van der Waals surface area contributed by atoms with E-state index < -0.39 is 23.8 Å². The van der Waals surface area contributed by atoms with E-state index in [1.54, 1.807) is 18.0 Å². The summed E-state index contributed by atoms with van der Waals surface area (Å²) < 4.78 is 32.7. The second kappa shape index (κ2) is 10.5. The molecular weight excluding hydrogens is 585 g/mol. The molecule has 0 fully saturated rings. The first kappa shape index (κ1) is 25.7. The summed E-state index contributed by atoms with van der Waals surface area (Å²) in [5, 5.41) is 13.2. The van der Waals surface area contributed by atoms with Crippen LogP contribution >= 0.6 is 15.9 Å². The Labute approximate surface area is 235 Å². The number of carbonyl (C=O) groups excluding carboxylic acids is 2. The van der Waals surface area contributed by atoms with Gasteiger partial charge in [0.25, 0.3) is 5.91 Å². The Morgan fingerprint density at radius 2 is 2.02 bits per heavy atom. The van der Waals surface area contributed by atoms with E-state index in [0.29, 0.717) is 21.6 Å². The number of methoxy groups -OCH3 is 1. The molecule has 3 aromatic carbocycles. The van der Waals surface area contributed by atoms with E-state index in [-0.39, 0.29) is 30.6 Å². The number of esters is 1. The maximum absolute atomic E-state index is 14.4. The van der Waals surface area contributed by atoms with E-state index in [2.05, 4.69) is 36.5 Å². The Morgan fingerprint density at radius 1 is 1.20 bits per heavy atom. The minimum Gasteiger partial charge on any atom is -0.496 e. The number of fused-ring (bicyclic) bond motifs is 2. The van der Waals surface area contributed by atoms with Crippen molar-refractivity contribution in [3.8, 4) is 17.0 Å². The van der Waals surface area contributed by atoms with Crippen LogP contribution in [0.2, 0.25) is 0 Å². The fraction of sp³-hybridized carbons (Fsp3) is 0.179. The zero-order chi connectivity index (χ0) is 27.8. The molecule has 40 heavy (non-hydrogen) atoms. The van der Waals surface area contributed by atoms with Gasteiger partial charge in [-0.3, -0.25) is 4.79 Å². The zero-order valence-electron chi connectivity index (χ0n) is 21.1. The molecule has 2 aromatic heterocycles. The molecule has 1 N–H and O–H groups in total. The number of carbonyl (C=O) groups is 2. The third-order valence-electron chi connectivity index (χ3n) is 6.69. The summed E-state index contributed by atoms with van der Waals surface area (Å²) in [5.74, 6) is -0.734. The number of hydrogen-bond acceptors (Lipinski definition) is 8. The highest BCUT2D eigenvalue weighted by Gasteiger charge is 2.33. The first-order valence-corrected chi connectivity index (χ1v) is 13.0. The Hall–Kier alpha value is -4.58. The van der Waals surface area contributed by atoms with E-state index in [1.807, 2.05) is 36.4 Å². The summed E-state index contributed by atoms with van der Waals surface area (Å²) in [7, 11) is 1.63. The molecule has 0 bridgehead atoms. The van der Waals surface area contributed by atoms with Crippen LogP contribution in [-0.2, 0) is 29.0 Å². The van der Waals surface area contributed by atoms with Crippen molar-refractivity contribution in [1.29, 1.82) is 0 Å². The maximum Gasteiger partial charge on any atom is 0.339 e. The fourth-order valence-corrected chi connectivity index (χ4v) is 5.16. The van der Waals surface area contributed by atoms with E-state index >= 15 is 0 Å². The third kappa shape index (κ3) is 4.81. The number of benzene rings is 3. The Morgan fingerprint density at radius 3 is 2.85 bits per heavy atom. The first-order valence-electron chi connectivity index (χ1n) is 12.3. The lowest BCUT2D eigenvalue weighted by Crippen LogP contribution is -2.42. The van der Waals surface area contributed by atoms with E-state index in [0.717, 1.165) is 22.1 Å². The van der Waals surface area contributed by atoms with E-state index in [9.17, 15) is 14.0 Å². The van der Waals surface area contributed by atoms with Crippen molar-refractivity contribution < 1.29 is 27.9 Å². The maximum atomic E-state index is 14.4. The SMILES string of the molecule is COc1ccc(-c2cn(Cc3ncoc3CNC(=O)C3Cc4c(F)cc(Br)cc4C(=O)O3)nn2)c2ccccc12. The summed E-state index contributed by atoms with van der Waals surface area (Å²) in [6.45, 7) is 0.233. The molecule has 0 spiro atoms. The molecule has 1 amide bonds. The number of halogens is 2. The summed E-state index contributed by atoms with van der Waals surface area (Å²) in [6, 6.07) is 14.4. The molecule has 0 saturated carbocycles. The van der Waals surface area contributed by atoms with Gasteiger partial charge in [0.1, 0.15) is 28.7 Å². The van der Waals surface area contributed by atoms with Crippen molar-refractivity contribution in [1.82, 2.24) is 25.3 Å². The molecule has 1 unspecified atom stereocenters. The Balaban J connectivity index is 1.14. The zero-order valence-corrected chi connectivity index (χ0v) is 22.6. The van der Waals surface area contributed by atoms with Gasteiger partial charge in [0, 0.05) is 27.4 Å². The highest BCUT2D eigenvalue weighted by molar-refractivity contribution is 9.10. The number of ether oxygens (including phenoxy) is 2. The minimum atomic E-state index is -1.17. The predicted octanol–water partition coefficient (Wildman–Crippen LogP) is 4.44. The van der Waals surface area contributed by atoms with Crippen molar-refractivity contribution >= 4 is 38.6 Å². The molecule has 10 nitrogen and oxygen atoms in total. The number of nitrogens with zero attached hydrogens (tertiary/aromatic N) is 4. The van der Waals surface area contributed by atoms with Crippen LogP contribution in [0.5, 0.6) is 5.75 Å². The topological polar surface area (TPSA) is 121 Å². The van der Waals surface area contributed by atoms with Gasteiger partial charge in [0.2, 0.25) is 0 Å². The van der Waals surface area contributed by atoms with Gasteiger partial charge >= 0.3 is 5.97 Å². The molecule has 1 aliphatic heterocycles. The average molecular weight is 606 g/mol. The van der Waals surface area contributed by atoms with Crippen molar-refractivity contribution in [2.45, 2.75) is 25.6 Å². The van der Waals surface area contributed by atoms with Crippen molar-refractivity contribution in [2.75, 3.05) is 7.11 Å². The second-order valence-electron chi connectivity index (χ2n) is 9.11. The average Bonchev–Trinajstić information content (AvgIpc) is 3.61. The van der Waals surface area contributed by atoms with Crippen LogP contribution in [-0.4, -0.2) is 45.1 Å². The summed E-state index contributed by atoms with van der Waals surface area (Å²) in [6.07, 6.45) is 1.84. The monoisotopic (exact) mass is 605 g/mol. The van der Waals surface area contributed by atoms with E-state index in [1.165, 1.54) is 18.5 Å². The van der Waals surface area contributed by atoms with Crippen LogP contribution in [0.3, 0.4) is 0 Å². The fourth-order valence-electron chi connectivity index (χ4n) is 4.73. The van der Waals surface area contributed by atoms with Gasteiger partial charge in [-0.05, 0) is 29.7 Å². The lowest BCUT2D eigenvalue weighted by Gasteiger charge is -2.24. The third-order valence-corrected chi connectivity index (χ3v) is 7.15. The van der Waals surface area contributed by atoms with Gasteiger partial charge in [0.15, 0.2) is 12.5 Å². The Bertz CT molecular complexity index is 1770. The standard InChI is InChI=1S/C28H21BrFN5O5/c1-38-24-7-6-17(16-4-2-3-5-18(16)24)22-12-35(34-33-22)13-23-26(39-14-32-23)11-31-27(36)25-10-19-20(28(37)40-25)8-15(29)9-21(19)30/h2-9,12,14,25H,10-11,13H2,1H3,(H,31,36). The summed E-state index contributed by atoms with van der Waals surface area (Å²) >= 11 is 3.16. The molecule has 3 heterocycles. The van der Waals surface area contributed by atoms with Gasteiger partial charge in [-0.1, -0.05) is 45.4 Å². The second-order valence-corrected chi connectivity index (χ2v) is 10.0. The van der Waals surface area contributed by atoms with Crippen LogP contribution in [0.4, 0.5) is 4.39 Å². The van der Waals surface area contributed by atoms with Crippen molar-refractivity contribution in [2.24, 2.45) is 0 Å². The molecule has 0 saturated heterocycles. The number of cyclic esters (lactones) is 1. The smallest absolute Gasteiger partial charge is 0.339 e. The number of oxazole rings is 1. The molecule has 0 radical (unpaired) electrons. The minimum absolute atomic E-state index is 0.0113. The summed E-state index contributed by atoms with van der Waals surface area (Å²) in [5.41, 5.74) is 2.37. The van der Waals surface area contributed by atoms with Crippen molar-refractivity contribution in [3.63, 3.8) is 0 Å². The number of nitrogens with one attached hydrogen (secondary N) is 1. The van der Waals surface area contributed by atoms with E-state index in [4.69, 9.17) is 13.9 Å². The molecule has 0 aliphatic carbocycles. The predicted molar refractivity (Wildman–Crippen MR) is 144 cm³/mol. The highest BCUT2D eigenvalue weighted by atomic mass is 79.9. The van der Waals surface area contributed by atoms with Crippen LogP contribution in [0.15, 0.2) is 70.0 Å².